The Morgan fingerprint density at radius 1 is 1.62 bits per heavy atom. The van der Waals surface area contributed by atoms with Crippen molar-refractivity contribution in [2.75, 3.05) is 0 Å². The van der Waals surface area contributed by atoms with Crippen LogP contribution in [0, 0.1) is 3.57 Å². The molecule has 1 aromatic carbocycles. The van der Waals surface area contributed by atoms with Crippen molar-refractivity contribution in [1.82, 2.24) is 0 Å². The van der Waals surface area contributed by atoms with E-state index < -0.39 is 0 Å². The van der Waals surface area contributed by atoms with Crippen LogP contribution in [0.4, 0.5) is 5.69 Å². The predicted molar refractivity (Wildman–Crippen MR) is 70.9 cm³/mol. The molecular weight excluding hydrogens is 341 g/mol. The van der Waals surface area contributed by atoms with Crippen LogP contribution in [0.1, 0.15) is 12.5 Å². The molecule has 0 atom stereocenters. The summed E-state index contributed by atoms with van der Waals surface area (Å²) >= 11 is 5.76. The summed E-state index contributed by atoms with van der Waals surface area (Å²) in [4.78, 5) is 3.96. The topological polar surface area (TPSA) is 12.4 Å². The molecule has 0 aromatic heterocycles. The van der Waals surface area contributed by atoms with E-state index >= 15 is 0 Å². The third kappa shape index (κ3) is 2.64. The monoisotopic (exact) mass is 349 g/mol. The summed E-state index contributed by atoms with van der Waals surface area (Å²) in [7, 11) is 0. The molecule has 0 aliphatic heterocycles. The highest BCUT2D eigenvalue weighted by Crippen LogP contribution is 2.31. The van der Waals surface area contributed by atoms with Gasteiger partial charge in [-0.25, -0.2) is 0 Å². The minimum Gasteiger partial charge on any atom is -0.264 e. The highest BCUT2D eigenvalue weighted by atomic mass is 127. The largest absolute Gasteiger partial charge is 0.264 e. The molecule has 13 heavy (non-hydrogen) atoms. The maximum atomic E-state index is 3.96. The fourth-order valence-corrected chi connectivity index (χ4v) is 1.80. The normalized spacial score (nSPS) is 11.5. The molecular formula is C10H9BrIN. The van der Waals surface area contributed by atoms with E-state index in [1.54, 1.807) is 0 Å². The van der Waals surface area contributed by atoms with Crippen LogP contribution >= 0.6 is 38.5 Å². The SMILES string of the molecule is C=Nc1ccc(I)cc1/C(Br)=C\C. The van der Waals surface area contributed by atoms with Gasteiger partial charge in [-0.15, -0.1) is 0 Å². The van der Waals surface area contributed by atoms with Gasteiger partial charge in [0.1, 0.15) is 0 Å². The molecule has 0 N–H and O–H groups in total. The van der Waals surface area contributed by atoms with Crippen LogP contribution in [-0.2, 0) is 0 Å². The van der Waals surface area contributed by atoms with Crippen molar-refractivity contribution < 1.29 is 0 Å². The zero-order valence-corrected chi connectivity index (χ0v) is 11.0. The number of hydrogen-bond acceptors (Lipinski definition) is 1. The Morgan fingerprint density at radius 2 is 2.31 bits per heavy atom. The van der Waals surface area contributed by atoms with Crippen LogP contribution < -0.4 is 0 Å². The predicted octanol–water partition coefficient (Wildman–Crippen LogP) is 4.38. The number of halogens is 2. The van der Waals surface area contributed by atoms with Gasteiger partial charge >= 0.3 is 0 Å². The number of benzene rings is 1. The van der Waals surface area contributed by atoms with Crippen LogP contribution in [0.5, 0.6) is 0 Å². The van der Waals surface area contributed by atoms with Gasteiger partial charge in [-0.3, -0.25) is 4.99 Å². The molecule has 0 unspecified atom stereocenters. The Labute approximate surface area is 100 Å². The van der Waals surface area contributed by atoms with Gasteiger partial charge in [-0.05, 0) is 54.4 Å². The molecule has 68 valence electrons. The first-order valence-corrected chi connectivity index (χ1v) is 5.64. The van der Waals surface area contributed by atoms with Crippen molar-refractivity contribution in [2.24, 2.45) is 4.99 Å². The molecule has 0 bridgehead atoms. The van der Waals surface area contributed by atoms with E-state index in [-0.39, 0.29) is 0 Å². The summed E-state index contributed by atoms with van der Waals surface area (Å²) in [5, 5.41) is 0. The van der Waals surface area contributed by atoms with Gasteiger partial charge in [-0.2, -0.15) is 0 Å². The van der Waals surface area contributed by atoms with Crippen molar-refractivity contribution in [1.29, 1.82) is 0 Å². The standard InChI is InChI=1S/C10H9BrIN/c1-3-9(11)8-6-7(12)4-5-10(8)13-2/h3-6H,2H2,1H3/b9-3+. The molecule has 1 aromatic rings. The van der Waals surface area contributed by atoms with Gasteiger partial charge in [0.25, 0.3) is 0 Å². The fourth-order valence-electron chi connectivity index (χ4n) is 0.993. The number of hydrogen-bond donors (Lipinski definition) is 0. The minimum atomic E-state index is 0.908. The number of nitrogens with zero attached hydrogens (tertiary/aromatic N) is 1. The average molecular weight is 350 g/mol. The lowest BCUT2D eigenvalue weighted by Crippen LogP contribution is -1.80. The molecule has 0 aliphatic rings. The van der Waals surface area contributed by atoms with E-state index in [1.807, 2.05) is 25.1 Å². The van der Waals surface area contributed by atoms with E-state index in [0.29, 0.717) is 0 Å². The van der Waals surface area contributed by atoms with E-state index in [9.17, 15) is 0 Å². The Kier molecular flexibility index (Phi) is 4.12. The van der Waals surface area contributed by atoms with Crippen molar-refractivity contribution in [3.63, 3.8) is 0 Å². The molecule has 0 fully saturated rings. The Bertz CT molecular complexity index is 358. The number of rotatable bonds is 2. The van der Waals surface area contributed by atoms with E-state index in [2.05, 4.69) is 56.3 Å². The molecule has 0 aliphatic carbocycles. The minimum absolute atomic E-state index is 0.908. The molecule has 0 amide bonds. The van der Waals surface area contributed by atoms with Crippen LogP contribution in [-0.4, -0.2) is 6.72 Å². The van der Waals surface area contributed by atoms with Gasteiger partial charge < -0.3 is 0 Å². The summed E-state index contributed by atoms with van der Waals surface area (Å²) in [5.74, 6) is 0. The second kappa shape index (κ2) is 4.91. The maximum absolute atomic E-state index is 3.96. The second-order valence-corrected chi connectivity index (χ2v) is 4.56. The maximum Gasteiger partial charge on any atom is 0.0706 e. The van der Waals surface area contributed by atoms with E-state index in [4.69, 9.17) is 0 Å². The van der Waals surface area contributed by atoms with Crippen LogP contribution in [0.15, 0.2) is 29.3 Å². The van der Waals surface area contributed by atoms with Crippen molar-refractivity contribution in [2.45, 2.75) is 6.92 Å². The van der Waals surface area contributed by atoms with Gasteiger partial charge in [0.15, 0.2) is 0 Å². The lowest BCUT2D eigenvalue weighted by Gasteiger charge is -2.04. The molecule has 3 heteroatoms. The molecule has 0 heterocycles. The van der Waals surface area contributed by atoms with Gasteiger partial charge in [0.05, 0.1) is 5.69 Å². The first kappa shape index (κ1) is 10.9. The zero-order valence-electron chi connectivity index (χ0n) is 7.22. The molecule has 0 saturated carbocycles. The first-order valence-electron chi connectivity index (χ1n) is 3.77. The summed E-state index contributed by atoms with van der Waals surface area (Å²) in [6.07, 6.45) is 2.00. The first-order chi connectivity index (χ1) is 6.19. The highest BCUT2D eigenvalue weighted by Gasteiger charge is 2.03. The smallest absolute Gasteiger partial charge is 0.0706 e. The third-order valence-corrected chi connectivity index (χ3v) is 3.20. The summed E-state index contributed by atoms with van der Waals surface area (Å²) in [5.41, 5.74) is 2.00. The average Bonchev–Trinajstić information content (AvgIpc) is 2.16. The molecule has 0 spiro atoms. The van der Waals surface area contributed by atoms with Crippen LogP contribution in [0.3, 0.4) is 0 Å². The molecule has 0 saturated heterocycles. The van der Waals surface area contributed by atoms with Crippen LogP contribution in [0.2, 0.25) is 0 Å². The van der Waals surface area contributed by atoms with E-state index in [0.717, 1.165) is 15.7 Å². The lowest BCUT2D eigenvalue weighted by atomic mass is 10.1. The zero-order chi connectivity index (χ0) is 9.84. The van der Waals surface area contributed by atoms with Crippen molar-refractivity contribution in [3.05, 3.63) is 33.4 Å². The van der Waals surface area contributed by atoms with E-state index in [1.165, 1.54) is 3.57 Å². The Morgan fingerprint density at radius 3 is 2.85 bits per heavy atom. The Balaban J connectivity index is 3.31. The number of allylic oxidation sites excluding steroid dienone is 1. The van der Waals surface area contributed by atoms with Gasteiger partial charge in [-0.1, -0.05) is 22.0 Å². The van der Waals surface area contributed by atoms with Crippen molar-refractivity contribution in [3.8, 4) is 0 Å². The summed E-state index contributed by atoms with van der Waals surface area (Å²) in [6.45, 7) is 5.52. The lowest BCUT2D eigenvalue weighted by molar-refractivity contribution is 1.49. The van der Waals surface area contributed by atoms with Crippen LogP contribution in [0.25, 0.3) is 4.48 Å². The van der Waals surface area contributed by atoms with Gasteiger partial charge in [0, 0.05) is 13.6 Å². The molecule has 1 rings (SSSR count). The number of aliphatic imine (C=N–C) groups is 1. The molecule has 1 nitrogen and oxygen atoms in total. The Hall–Kier alpha value is -0.160. The quantitative estimate of drug-likeness (QED) is 0.555. The van der Waals surface area contributed by atoms with Gasteiger partial charge in [0.2, 0.25) is 0 Å². The summed E-state index contributed by atoms with van der Waals surface area (Å²) < 4.78 is 2.24. The second-order valence-electron chi connectivity index (χ2n) is 2.46. The fraction of sp³-hybridized carbons (Fsp3) is 0.100. The molecule has 0 radical (unpaired) electrons. The van der Waals surface area contributed by atoms with Crippen molar-refractivity contribution >= 4 is 55.4 Å². The highest BCUT2D eigenvalue weighted by molar-refractivity contribution is 14.1. The summed E-state index contributed by atoms with van der Waals surface area (Å²) in [6, 6.07) is 6.06. The third-order valence-electron chi connectivity index (χ3n) is 1.64.